The zero-order valence-corrected chi connectivity index (χ0v) is 9.49. The average molecular weight is 251 g/mol. The molecule has 0 saturated carbocycles. The van der Waals surface area contributed by atoms with Gasteiger partial charge in [-0.15, -0.1) is 5.10 Å². The minimum absolute atomic E-state index is 0.118. The van der Waals surface area contributed by atoms with Crippen molar-refractivity contribution < 1.29 is 13.6 Å². The van der Waals surface area contributed by atoms with E-state index in [2.05, 4.69) is 14.8 Å². The number of aromatic amines is 1. The van der Waals surface area contributed by atoms with Crippen molar-refractivity contribution in [1.29, 1.82) is 0 Å². The predicted molar refractivity (Wildman–Crippen MR) is 59.4 cm³/mol. The number of amides is 1. The number of carbonyl (C=O) groups is 1. The van der Waals surface area contributed by atoms with Gasteiger partial charge in [0.05, 0.1) is 0 Å². The van der Waals surface area contributed by atoms with Gasteiger partial charge in [0.25, 0.3) is 0 Å². The first-order valence-corrected chi connectivity index (χ1v) is 5.15. The molecule has 2 aromatic rings. The Balaban J connectivity index is 2.01. The highest BCUT2D eigenvalue weighted by Gasteiger charge is 2.12. The van der Waals surface area contributed by atoms with E-state index in [4.69, 9.17) is 0 Å². The highest BCUT2D eigenvalue weighted by Crippen LogP contribution is 2.08. The van der Waals surface area contributed by atoms with Crippen LogP contribution in [0.15, 0.2) is 27.4 Å². The molecule has 1 aromatic heterocycles. The number of nitrogens with zero attached hydrogens (tertiary/aromatic N) is 1. The molecular formula is C11H10FN3O3. The van der Waals surface area contributed by atoms with Crippen LogP contribution in [0.3, 0.4) is 0 Å². The molecule has 0 fully saturated rings. The van der Waals surface area contributed by atoms with Crippen molar-refractivity contribution in [3.8, 4) is 0 Å². The predicted octanol–water partition coefficient (Wildman–Crippen LogP) is 0.740. The number of H-pyrrole nitrogens is 1. The number of hydrogen-bond donors (Lipinski definition) is 2. The molecular weight excluding hydrogens is 241 g/mol. The lowest BCUT2D eigenvalue weighted by Crippen LogP contribution is -2.23. The smallest absolute Gasteiger partial charge is 0.383 e. The van der Waals surface area contributed by atoms with Crippen LogP contribution in [0.25, 0.3) is 0 Å². The van der Waals surface area contributed by atoms with Gasteiger partial charge in [0, 0.05) is 6.54 Å². The lowest BCUT2D eigenvalue weighted by atomic mass is 10.1. The Morgan fingerprint density at radius 2 is 2.33 bits per heavy atom. The summed E-state index contributed by atoms with van der Waals surface area (Å²) in [5, 5.41) is 7.80. The normalized spacial score (nSPS) is 10.3. The van der Waals surface area contributed by atoms with Gasteiger partial charge in [-0.2, -0.15) is 0 Å². The summed E-state index contributed by atoms with van der Waals surface area (Å²) in [6.45, 7) is 1.77. The Bertz CT molecular complexity index is 632. The fourth-order valence-corrected chi connectivity index (χ4v) is 1.33. The minimum atomic E-state index is -0.804. The monoisotopic (exact) mass is 251 g/mol. The van der Waals surface area contributed by atoms with Crippen LogP contribution in [0, 0.1) is 12.7 Å². The second kappa shape index (κ2) is 4.82. The molecule has 2 rings (SSSR count). The Morgan fingerprint density at radius 1 is 1.56 bits per heavy atom. The third-order valence-electron chi connectivity index (χ3n) is 2.32. The van der Waals surface area contributed by atoms with Gasteiger partial charge in [-0.1, -0.05) is 12.1 Å². The van der Waals surface area contributed by atoms with E-state index in [9.17, 15) is 14.0 Å². The van der Waals surface area contributed by atoms with E-state index >= 15 is 0 Å². The Kier molecular flexibility index (Phi) is 3.22. The quantitative estimate of drug-likeness (QED) is 0.842. The summed E-state index contributed by atoms with van der Waals surface area (Å²) in [7, 11) is 0. The van der Waals surface area contributed by atoms with Gasteiger partial charge in [0.15, 0.2) is 0 Å². The fourth-order valence-electron chi connectivity index (χ4n) is 1.33. The molecule has 0 atom stereocenters. The van der Waals surface area contributed by atoms with Gasteiger partial charge < -0.3 is 9.73 Å². The van der Waals surface area contributed by atoms with Crippen molar-refractivity contribution in [2.45, 2.75) is 13.5 Å². The summed E-state index contributed by atoms with van der Waals surface area (Å²) in [5.41, 5.74) is 1.13. The van der Waals surface area contributed by atoms with Gasteiger partial charge in [0.2, 0.25) is 0 Å². The zero-order valence-electron chi connectivity index (χ0n) is 9.49. The van der Waals surface area contributed by atoms with Gasteiger partial charge in [0.1, 0.15) is 5.82 Å². The number of halogens is 1. The largest absolute Gasteiger partial charge is 0.434 e. The third kappa shape index (κ3) is 2.62. The maximum absolute atomic E-state index is 13.2. The lowest BCUT2D eigenvalue weighted by molar-refractivity contribution is 0.0914. The maximum Gasteiger partial charge on any atom is 0.434 e. The molecule has 0 radical (unpaired) electrons. The molecule has 1 amide bonds. The zero-order chi connectivity index (χ0) is 13.1. The summed E-state index contributed by atoms with van der Waals surface area (Å²) >= 11 is 0. The van der Waals surface area contributed by atoms with Gasteiger partial charge in [-0.3, -0.25) is 4.79 Å². The van der Waals surface area contributed by atoms with E-state index in [1.54, 1.807) is 19.1 Å². The number of nitrogens with one attached hydrogen (secondary N) is 2. The van der Waals surface area contributed by atoms with Crippen molar-refractivity contribution in [2.24, 2.45) is 0 Å². The molecule has 18 heavy (non-hydrogen) atoms. The fraction of sp³-hybridized carbons (Fsp3) is 0.182. The molecule has 1 heterocycles. The number of aryl methyl sites for hydroxylation is 1. The average Bonchev–Trinajstić information content (AvgIpc) is 2.77. The second-order valence-corrected chi connectivity index (χ2v) is 3.68. The van der Waals surface area contributed by atoms with Crippen molar-refractivity contribution in [2.75, 3.05) is 0 Å². The molecule has 0 aliphatic carbocycles. The molecule has 7 heteroatoms. The van der Waals surface area contributed by atoms with Crippen molar-refractivity contribution in [3.63, 3.8) is 0 Å². The number of hydrogen-bond acceptors (Lipinski definition) is 4. The molecule has 0 unspecified atom stereocenters. The standard InChI is InChI=1S/C11H10FN3O3/c1-6-2-3-7(4-8(6)12)5-13-9(16)10-14-15-11(17)18-10/h2-4H,5H2,1H3,(H,13,16)(H,15,17). The lowest BCUT2D eigenvalue weighted by Gasteiger charge is -2.04. The molecule has 6 nitrogen and oxygen atoms in total. The van der Waals surface area contributed by atoms with Crippen LogP contribution < -0.4 is 11.1 Å². The SMILES string of the molecule is Cc1ccc(CNC(=O)c2n[nH]c(=O)o2)cc1F. The molecule has 0 aliphatic rings. The highest BCUT2D eigenvalue weighted by molar-refractivity contribution is 5.89. The van der Waals surface area contributed by atoms with E-state index in [0.29, 0.717) is 11.1 Å². The van der Waals surface area contributed by atoms with Crippen LogP contribution in [0.4, 0.5) is 4.39 Å². The minimum Gasteiger partial charge on any atom is -0.383 e. The van der Waals surface area contributed by atoms with Crippen molar-refractivity contribution in [3.05, 3.63) is 51.6 Å². The molecule has 0 aliphatic heterocycles. The van der Waals surface area contributed by atoms with Crippen LogP contribution in [-0.4, -0.2) is 16.1 Å². The van der Waals surface area contributed by atoms with Crippen LogP contribution in [0.2, 0.25) is 0 Å². The number of carbonyl (C=O) groups excluding carboxylic acids is 1. The summed E-state index contributed by atoms with van der Waals surface area (Å²) in [6, 6.07) is 4.64. The van der Waals surface area contributed by atoms with Crippen molar-refractivity contribution in [1.82, 2.24) is 15.5 Å². The summed E-state index contributed by atoms with van der Waals surface area (Å²) < 4.78 is 17.7. The van der Waals surface area contributed by atoms with Crippen LogP contribution >= 0.6 is 0 Å². The van der Waals surface area contributed by atoms with Crippen molar-refractivity contribution >= 4 is 5.91 Å². The number of rotatable bonds is 3. The summed E-state index contributed by atoms with van der Waals surface area (Å²) in [5.74, 6) is -2.14. The second-order valence-electron chi connectivity index (χ2n) is 3.68. The van der Waals surface area contributed by atoms with E-state index in [0.717, 1.165) is 0 Å². The Labute approximate surface area is 101 Å². The maximum atomic E-state index is 13.2. The molecule has 0 saturated heterocycles. The first-order valence-electron chi connectivity index (χ1n) is 5.15. The molecule has 0 bridgehead atoms. The van der Waals surface area contributed by atoms with E-state index in [1.807, 2.05) is 5.10 Å². The third-order valence-corrected chi connectivity index (χ3v) is 2.32. The van der Waals surface area contributed by atoms with Gasteiger partial charge in [-0.25, -0.2) is 14.3 Å². The van der Waals surface area contributed by atoms with Crippen LogP contribution in [0.1, 0.15) is 21.8 Å². The number of aromatic nitrogens is 2. The van der Waals surface area contributed by atoms with E-state index in [1.165, 1.54) is 6.07 Å². The van der Waals surface area contributed by atoms with E-state index in [-0.39, 0.29) is 18.3 Å². The molecule has 0 spiro atoms. The highest BCUT2D eigenvalue weighted by atomic mass is 19.1. The van der Waals surface area contributed by atoms with E-state index < -0.39 is 11.7 Å². The van der Waals surface area contributed by atoms with Crippen LogP contribution in [-0.2, 0) is 6.54 Å². The molecule has 1 aromatic carbocycles. The molecule has 94 valence electrons. The Hall–Kier alpha value is -2.44. The first kappa shape index (κ1) is 12.0. The topological polar surface area (TPSA) is 88.0 Å². The first-order chi connectivity index (χ1) is 8.56. The summed E-state index contributed by atoms with van der Waals surface area (Å²) in [6.07, 6.45) is 0. The summed E-state index contributed by atoms with van der Waals surface area (Å²) in [4.78, 5) is 22.1. The Morgan fingerprint density at radius 3 is 2.94 bits per heavy atom. The van der Waals surface area contributed by atoms with Gasteiger partial charge in [-0.05, 0) is 24.1 Å². The van der Waals surface area contributed by atoms with Crippen LogP contribution in [0.5, 0.6) is 0 Å². The number of benzene rings is 1. The molecule has 2 N–H and O–H groups in total. The van der Waals surface area contributed by atoms with Gasteiger partial charge >= 0.3 is 17.6 Å².